The van der Waals surface area contributed by atoms with Crippen LogP contribution in [-0.2, 0) is 0 Å². The summed E-state index contributed by atoms with van der Waals surface area (Å²) in [6, 6.07) is 0. The molecule has 0 spiro atoms. The Bertz CT molecular complexity index is 377. The largest absolute Gasteiger partial charge is 0.383 e. The molecule has 94 valence electrons. The van der Waals surface area contributed by atoms with Gasteiger partial charge in [-0.3, -0.25) is 0 Å². The average molecular weight is 233 g/mol. The van der Waals surface area contributed by atoms with Crippen LogP contribution < -0.4 is 5.73 Å². The van der Waals surface area contributed by atoms with Gasteiger partial charge in [0.15, 0.2) is 0 Å². The van der Waals surface area contributed by atoms with Crippen molar-refractivity contribution in [1.29, 1.82) is 0 Å². The molecule has 1 aliphatic rings. The maximum absolute atomic E-state index is 5.94. The van der Waals surface area contributed by atoms with Crippen LogP contribution in [0.2, 0.25) is 0 Å². The summed E-state index contributed by atoms with van der Waals surface area (Å²) in [4.78, 5) is 9.13. The van der Waals surface area contributed by atoms with Crippen molar-refractivity contribution < 1.29 is 0 Å². The van der Waals surface area contributed by atoms with Gasteiger partial charge in [-0.1, -0.05) is 26.2 Å². The lowest BCUT2D eigenvalue weighted by molar-refractivity contribution is 0.307. The SMILES string of the molecule is CCC1CCCC(c2nc(C)c(C)c(N)n2)C1. The van der Waals surface area contributed by atoms with Crippen molar-refractivity contribution in [2.24, 2.45) is 5.92 Å². The minimum Gasteiger partial charge on any atom is -0.383 e. The molecule has 0 bridgehead atoms. The van der Waals surface area contributed by atoms with E-state index in [0.717, 1.165) is 23.0 Å². The minimum absolute atomic E-state index is 0.523. The minimum atomic E-state index is 0.523. The second kappa shape index (κ2) is 5.03. The number of rotatable bonds is 2. The topological polar surface area (TPSA) is 51.8 Å². The van der Waals surface area contributed by atoms with Crippen LogP contribution in [0.5, 0.6) is 0 Å². The fourth-order valence-corrected chi connectivity index (χ4v) is 2.75. The number of nitrogens with two attached hydrogens (primary N) is 1. The lowest BCUT2D eigenvalue weighted by Crippen LogP contribution is -2.17. The standard InChI is InChI=1S/C14H23N3/c1-4-11-6-5-7-12(8-11)14-16-10(3)9(2)13(15)17-14/h11-12H,4-8H2,1-3H3,(H2,15,16,17). The van der Waals surface area contributed by atoms with Crippen LogP contribution in [0.25, 0.3) is 0 Å². The van der Waals surface area contributed by atoms with E-state index in [1.54, 1.807) is 0 Å². The van der Waals surface area contributed by atoms with Crippen LogP contribution in [0.1, 0.15) is 62.0 Å². The molecule has 1 saturated carbocycles. The van der Waals surface area contributed by atoms with E-state index in [-0.39, 0.29) is 0 Å². The molecule has 1 aromatic rings. The summed E-state index contributed by atoms with van der Waals surface area (Å²) < 4.78 is 0. The molecule has 1 heterocycles. The van der Waals surface area contributed by atoms with Gasteiger partial charge in [-0.2, -0.15) is 0 Å². The van der Waals surface area contributed by atoms with Gasteiger partial charge in [0, 0.05) is 17.2 Å². The zero-order valence-electron chi connectivity index (χ0n) is 11.2. The molecule has 0 amide bonds. The summed E-state index contributed by atoms with van der Waals surface area (Å²) >= 11 is 0. The fourth-order valence-electron chi connectivity index (χ4n) is 2.75. The molecule has 0 aliphatic heterocycles. The van der Waals surface area contributed by atoms with E-state index in [2.05, 4.69) is 16.9 Å². The van der Waals surface area contributed by atoms with Crippen molar-refractivity contribution in [1.82, 2.24) is 9.97 Å². The third kappa shape index (κ3) is 2.59. The van der Waals surface area contributed by atoms with Gasteiger partial charge in [-0.05, 0) is 32.6 Å². The number of aromatic nitrogens is 2. The Morgan fingerprint density at radius 2 is 2.00 bits per heavy atom. The lowest BCUT2D eigenvalue weighted by atomic mass is 9.80. The van der Waals surface area contributed by atoms with Crippen molar-refractivity contribution in [2.45, 2.75) is 58.8 Å². The molecule has 1 aliphatic carbocycles. The van der Waals surface area contributed by atoms with Crippen molar-refractivity contribution in [3.05, 3.63) is 17.1 Å². The summed E-state index contributed by atoms with van der Waals surface area (Å²) in [7, 11) is 0. The average Bonchev–Trinajstić information content (AvgIpc) is 2.35. The Balaban J connectivity index is 2.22. The van der Waals surface area contributed by atoms with Gasteiger partial charge < -0.3 is 5.73 Å². The van der Waals surface area contributed by atoms with E-state index in [1.807, 2.05) is 13.8 Å². The zero-order chi connectivity index (χ0) is 12.4. The Morgan fingerprint density at radius 3 is 2.65 bits per heavy atom. The van der Waals surface area contributed by atoms with Gasteiger partial charge >= 0.3 is 0 Å². The second-order valence-corrected chi connectivity index (χ2v) is 5.32. The Morgan fingerprint density at radius 1 is 1.24 bits per heavy atom. The molecule has 0 radical (unpaired) electrons. The highest BCUT2D eigenvalue weighted by atomic mass is 15.0. The normalized spacial score (nSPS) is 24.9. The molecule has 3 heteroatoms. The van der Waals surface area contributed by atoms with Gasteiger partial charge in [0.25, 0.3) is 0 Å². The lowest BCUT2D eigenvalue weighted by Gasteiger charge is -2.27. The first-order valence-electron chi connectivity index (χ1n) is 6.72. The second-order valence-electron chi connectivity index (χ2n) is 5.32. The number of hydrogen-bond donors (Lipinski definition) is 1. The molecule has 17 heavy (non-hydrogen) atoms. The first-order chi connectivity index (χ1) is 8.11. The fraction of sp³-hybridized carbons (Fsp3) is 0.714. The summed E-state index contributed by atoms with van der Waals surface area (Å²) in [6.45, 7) is 6.30. The molecule has 2 unspecified atom stereocenters. The summed E-state index contributed by atoms with van der Waals surface area (Å²) in [5, 5.41) is 0. The highest BCUT2D eigenvalue weighted by Gasteiger charge is 2.24. The van der Waals surface area contributed by atoms with E-state index >= 15 is 0 Å². The summed E-state index contributed by atoms with van der Waals surface area (Å²) in [5.41, 5.74) is 8.00. The summed E-state index contributed by atoms with van der Waals surface area (Å²) in [6.07, 6.45) is 6.40. The maximum Gasteiger partial charge on any atom is 0.134 e. The Labute approximate surface area is 104 Å². The van der Waals surface area contributed by atoms with Crippen molar-refractivity contribution >= 4 is 5.82 Å². The maximum atomic E-state index is 5.94. The molecular weight excluding hydrogens is 210 g/mol. The van der Waals surface area contributed by atoms with Crippen molar-refractivity contribution in [3.8, 4) is 0 Å². The number of hydrogen-bond acceptors (Lipinski definition) is 3. The molecule has 1 fully saturated rings. The van der Waals surface area contributed by atoms with E-state index in [1.165, 1.54) is 32.1 Å². The number of aryl methyl sites for hydroxylation is 1. The van der Waals surface area contributed by atoms with E-state index in [4.69, 9.17) is 5.73 Å². The first kappa shape index (κ1) is 12.3. The van der Waals surface area contributed by atoms with Gasteiger partial charge in [-0.25, -0.2) is 9.97 Å². The number of nitrogens with zero attached hydrogens (tertiary/aromatic N) is 2. The molecule has 1 aromatic heterocycles. The predicted octanol–water partition coefficient (Wildman–Crippen LogP) is 3.36. The monoisotopic (exact) mass is 233 g/mol. The van der Waals surface area contributed by atoms with Crippen LogP contribution in [0, 0.1) is 19.8 Å². The number of anilines is 1. The van der Waals surface area contributed by atoms with Crippen LogP contribution in [0.4, 0.5) is 5.82 Å². The molecule has 0 aromatic carbocycles. The molecule has 2 rings (SSSR count). The highest BCUT2D eigenvalue weighted by Crippen LogP contribution is 2.36. The van der Waals surface area contributed by atoms with E-state index < -0.39 is 0 Å². The van der Waals surface area contributed by atoms with Crippen LogP contribution in [-0.4, -0.2) is 9.97 Å². The smallest absolute Gasteiger partial charge is 0.134 e. The molecule has 2 N–H and O–H groups in total. The molecule has 2 atom stereocenters. The van der Waals surface area contributed by atoms with E-state index in [9.17, 15) is 0 Å². The van der Waals surface area contributed by atoms with Crippen molar-refractivity contribution in [3.63, 3.8) is 0 Å². The molecule has 3 nitrogen and oxygen atoms in total. The first-order valence-corrected chi connectivity index (χ1v) is 6.72. The van der Waals surface area contributed by atoms with Gasteiger partial charge in [0.1, 0.15) is 11.6 Å². The summed E-state index contributed by atoms with van der Waals surface area (Å²) in [5.74, 6) is 3.00. The molecule has 0 saturated heterocycles. The molecular formula is C14H23N3. The Hall–Kier alpha value is -1.12. The quantitative estimate of drug-likeness (QED) is 0.852. The predicted molar refractivity (Wildman–Crippen MR) is 70.9 cm³/mol. The van der Waals surface area contributed by atoms with Gasteiger partial charge in [-0.15, -0.1) is 0 Å². The van der Waals surface area contributed by atoms with Crippen molar-refractivity contribution in [2.75, 3.05) is 5.73 Å². The van der Waals surface area contributed by atoms with Crippen LogP contribution in [0.15, 0.2) is 0 Å². The zero-order valence-corrected chi connectivity index (χ0v) is 11.2. The third-order valence-electron chi connectivity index (χ3n) is 4.17. The third-order valence-corrected chi connectivity index (χ3v) is 4.17. The van der Waals surface area contributed by atoms with Gasteiger partial charge in [0.05, 0.1) is 0 Å². The van der Waals surface area contributed by atoms with Gasteiger partial charge in [0.2, 0.25) is 0 Å². The Kier molecular flexibility index (Phi) is 3.65. The van der Waals surface area contributed by atoms with Crippen LogP contribution in [0.3, 0.4) is 0 Å². The van der Waals surface area contributed by atoms with Crippen LogP contribution >= 0.6 is 0 Å². The van der Waals surface area contributed by atoms with E-state index in [0.29, 0.717) is 11.7 Å². The number of nitrogen functional groups attached to an aromatic ring is 1. The highest BCUT2D eigenvalue weighted by molar-refractivity contribution is 5.40.